The van der Waals surface area contributed by atoms with Gasteiger partial charge in [0.25, 0.3) is 0 Å². The molecule has 1 heterocycles. The van der Waals surface area contributed by atoms with Crippen molar-refractivity contribution in [1.82, 2.24) is 9.62 Å². The number of sulfone groups is 1. The van der Waals surface area contributed by atoms with Crippen molar-refractivity contribution in [2.45, 2.75) is 35.2 Å². The van der Waals surface area contributed by atoms with Crippen LogP contribution in [0.5, 0.6) is 0 Å². The second-order valence-electron chi connectivity index (χ2n) is 6.97. The first kappa shape index (κ1) is 21.4. The lowest BCUT2D eigenvalue weighted by atomic mass is 10.2. The number of nitrogens with one attached hydrogen (secondary N) is 1. The Kier molecular flexibility index (Phi) is 6.06. The summed E-state index contributed by atoms with van der Waals surface area (Å²) in [5.74, 6) is -0.583. The molecule has 1 amide bonds. The second kappa shape index (κ2) is 8.21. The predicted molar refractivity (Wildman–Crippen MR) is 105 cm³/mol. The molecule has 7 nitrogen and oxygen atoms in total. The van der Waals surface area contributed by atoms with E-state index in [2.05, 4.69) is 5.32 Å². The summed E-state index contributed by atoms with van der Waals surface area (Å²) in [6, 6.07) is 10.2. The van der Waals surface area contributed by atoms with Crippen molar-refractivity contribution in [3.63, 3.8) is 0 Å². The Morgan fingerprint density at radius 1 is 1.07 bits per heavy atom. The van der Waals surface area contributed by atoms with Gasteiger partial charge in [0.15, 0.2) is 9.84 Å². The molecule has 0 spiro atoms. The molecule has 0 radical (unpaired) electrons. The molecule has 1 saturated heterocycles. The van der Waals surface area contributed by atoms with Crippen LogP contribution in [0.3, 0.4) is 0 Å². The van der Waals surface area contributed by atoms with Gasteiger partial charge in [-0.1, -0.05) is 18.2 Å². The molecule has 1 aliphatic rings. The number of sulfonamides is 1. The molecule has 0 aromatic heterocycles. The lowest BCUT2D eigenvalue weighted by molar-refractivity contribution is -0.119. The van der Waals surface area contributed by atoms with Crippen molar-refractivity contribution in [3.8, 4) is 0 Å². The minimum Gasteiger partial charge on any atom is -0.352 e. The molecule has 1 N–H and O–H groups in total. The summed E-state index contributed by atoms with van der Waals surface area (Å²) < 4.78 is 64.6. The molecule has 156 valence electrons. The molecule has 0 saturated carbocycles. The third-order valence-corrected chi connectivity index (χ3v) is 7.57. The highest BCUT2D eigenvalue weighted by atomic mass is 32.2. The van der Waals surface area contributed by atoms with E-state index in [1.165, 1.54) is 46.8 Å². The second-order valence-corrected chi connectivity index (χ2v) is 10.9. The SMILES string of the molecule is CS(=O)(=O)c1cccc(S(=O)(=O)N(Cc2ccc(F)cc2)C[C@@H]2CCC(=O)N2)c1. The maximum absolute atomic E-state index is 13.3. The van der Waals surface area contributed by atoms with Crippen LogP contribution >= 0.6 is 0 Å². The third-order valence-electron chi connectivity index (χ3n) is 4.65. The van der Waals surface area contributed by atoms with Crippen molar-refractivity contribution in [2.24, 2.45) is 0 Å². The first-order valence-corrected chi connectivity index (χ1v) is 12.2. The molecule has 3 rings (SSSR count). The number of carbonyl (C=O) groups excluding carboxylic acids is 1. The monoisotopic (exact) mass is 440 g/mol. The van der Waals surface area contributed by atoms with Crippen molar-refractivity contribution in [3.05, 3.63) is 59.9 Å². The molecular weight excluding hydrogens is 419 g/mol. The Morgan fingerprint density at radius 2 is 1.72 bits per heavy atom. The predicted octanol–water partition coefficient (Wildman–Crippen LogP) is 1.70. The smallest absolute Gasteiger partial charge is 0.243 e. The minimum atomic E-state index is -4.07. The number of halogens is 1. The Morgan fingerprint density at radius 3 is 2.31 bits per heavy atom. The number of hydrogen-bond acceptors (Lipinski definition) is 5. The van der Waals surface area contributed by atoms with Gasteiger partial charge in [-0.25, -0.2) is 21.2 Å². The van der Waals surface area contributed by atoms with Crippen LogP contribution in [0.4, 0.5) is 4.39 Å². The van der Waals surface area contributed by atoms with Crippen molar-refractivity contribution < 1.29 is 26.0 Å². The summed E-state index contributed by atoms with van der Waals surface area (Å²) in [5.41, 5.74) is 0.568. The van der Waals surface area contributed by atoms with Crippen LogP contribution in [-0.4, -0.2) is 45.9 Å². The minimum absolute atomic E-state index is 0.0224. The zero-order chi connectivity index (χ0) is 21.2. The van der Waals surface area contributed by atoms with E-state index in [1.54, 1.807) is 0 Å². The number of rotatable bonds is 7. The molecule has 1 atom stereocenters. The summed E-state index contributed by atoms with van der Waals surface area (Å²) >= 11 is 0. The van der Waals surface area contributed by atoms with Gasteiger partial charge in [-0.3, -0.25) is 4.79 Å². The molecule has 0 aliphatic carbocycles. The van der Waals surface area contributed by atoms with E-state index in [0.29, 0.717) is 18.4 Å². The molecule has 2 aromatic rings. The molecule has 2 aromatic carbocycles. The first-order chi connectivity index (χ1) is 13.6. The van der Waals surface area contributed by atoms with E-state index in [9.17, 15) is 26.0 Å². The van der Waals surface area contributed by atoms with Crippen molar-refractivity contribution >= 4 is 25.8 Å². The quantitative estimate of drug-likeness (QED) is 0.706. The van der Waals surface area contributed by atoms with Gasteiger partial charge in [0.2, 0.25) is 15.9 Å². The summed E-state index contributed by atoms with van der Waals surface area (Å²) in [5, 5.41) is 2.74. The van der Waals surface area contributed by atoms with Crippen molar-refractivity contribution in [2.75, 3.05) is 12.8 Å². The summed E-state index contributed by atoms with van der Waals surface area (Å²) in [6.45, 7) is -0.0212. The zero-order valence-electron chi connectivity index (χ0n) is 15.7. The van der Waals surface area contributed by atoms with E-state index in [1.807, 2.05) is 0 Å². The Bertz CT molecular complexity index is 1120. The third kappa shape index (κ3) is 5.20. The summed E-state index contributed by atoms with van der Waals surface area (Å²) in [4.78, 5) is 11.3. The van der Waals surface area contributed by atoms with E-state index >= 15 is 0 Å². The van der Waals surface area contributed by atoms with Crippen LogP contribution < -0.4 is 5.32 Å². The Hall–Kier alpha value is -2.30. The highest BCUT2D eigenvalue weighted by molar-refractivity contribution is 7.91. The van der Waals surface area contributed by atoms with E-state index in [-0.39, 0.29) is 34.8 Å². The normalized spacial score (nSPS) is 17.5. The zero-order valence-corrected chi connectivity index (χ0v) is 17.3. The van der Waals surface area contributed by atoms with Crippen LogP contribution in [0.1, 0.15) is 18.4 Å². The van der Waals surface area contributed by atoms with E-state index < -0.39 is 25.7 Å². The standard InChI is InChI=1S/C19H21FN2O5S2/c1-28(24,25)17-3-2-4-18(11-17)29(26,27)22(13-16-9-10-19(23)21-16)12-14-5-7-15(20)8-6-14/h2-8,11,16H,9-10,12-13H2,1H3,(H,21,23)/t16-/m0/s1. The van der Waals surface area contributed by atoms with Gasteiger partial charge in [-0.05, 0) is 42.3 Å². The van der Waals surface area contributed by atoms with Gasteiger partial charge >= 0.3 is 0 Å². The lowest BCUT2D eigenvalue weighted by Gasteiger charge is -2.25. The van der Waals surface area contributed by atoms with E-state index in [4.69, 9.17) is 0 Å². The summed E-state index contributed by atoms with van der Waals surface area (Å²) in [7, 11) is -7.66. The molecule has 1 fully saturated rings. The molecule has 29 heavy (non-hydrogen) atoms. The molecule has 1 aliphatic heterocycles. The van der Waals surface area contributed by atoms with Crippen molar-refractivity contribution in [1.29, 1.82) is 0 Å². The number of benzene rings is 2. The van der Waals surface area contributed by atoms with Crippen LogP contribution in [0.2, 0.25) is 0 Å². The number of nitrogens with zero attached hydrogens (tertiary/aromatic N) is 1. The van der Waals surface area contributed by atoms with Gasteiger partial charge in [0, 0.05) is 31.8 Å². The fourth-order valence-corrected chi connectivity index (χ4v) is 5.38. The molecule has 0 unspecified atom stereocenters. The van der Waals surface area contributed by atoms with Crippen LogP contribution in [0, 0.1) is 5.82 Å². The largest absolute Gasteiger partial charge is 0.352 e. The topological polar surface area (TPSA) is 101 Å². The number of carbonyl (C=O) groups is 1. The number of hydrogen-bond donors (Lipinski definition) is 1. The average molecular weight is 441 g/mol. The molecule has 10 heteroatoms. The summed E-state index contributed by atoms with van der Waals surface area (Å²) in [6.07, 6.45) is 1.82. The van der Waals surface area contributed by atoms with E-state index in [0.717, 1.165) is 12.3 Å². The van der Waals surface area contributed by atoms with Gasteiger partial charge in [-0.2, -0.15) is 4.31 Å². The maximum Gasteiger partial charge on any atom is 0.243 e. The van der Waals surface area contributed by atoms with Crippen LogP contribution in [0.15, 0.2) is 58.3 Å². The van der Waals surface area contributed by atoms with Gasteiger partial charge in [0.05, 0.1) is 9.79 Å². The fraction of sp³-hybridized carbons (Fsp3) is 0.316. The Balaban J connectivity index is 1.96. The van der Waals surface area contributed by atoms with Gasteiger partial charge < -0.3 is 5.32 Å². The van der Waals surface area contributed by atoms with Gasteiger partial charge in [0.1, 0.15) is 5.82 Å². The van der Waals surface area contributed by atoms with Crippen LogP contribution in [0.25, 0.3) is 0 Å². The fourth-order valence-electron chi connectivity index (χ4n) is 3.12. The lowest BCUT2D eigenvalue weighted by Crippen LogP contribution is -2.41. The molecular formula is C19H21FN2O5S2. The highest BCUT2D eigenvalue weighted by Crippen LogP contribution is 2.23. The van der Waals surface area contributed by atoms with Crippen LogP contribution in [-0.2, 0) is 31.2 Å². The van der Waals surface area contributed by atoms with Gasteiger partial charge in [-0.15, -0.1) is 0 Å². The average Bonchev–Trinajstić information content (AvgIpc) is 3.07. The highest BCUT2D eigenvalue weighted by Gasteiger charge is 2.31. The first-order valence-electron chi connectivity index (χ1n) is 8.90. The number of amides is 1. The molecule has 0 bridgehead atoms. The Labute approximate surface area is 169 Å². The maximum atomic E-state index is 13.3.